The molecular weight excluding hydrogens is 184 g/mol. The first-order valence-electron chi connectivity index (χ1n) is 5.27. The van der Waals surface area contributed by atoms with Gasteiger partial charge in [0.2, 0.25) is 0 Å². The molecule has 0 saturated carbocycles. The molecule has 1 nitrogen and oxygen atoms in total. The Bertz CT molecular complexity index is 405. The Labute approximate surface area is 92.1 Å². The fourth-order valence-corrected chi connectivity index (χ4v) is 1.24. The van der Waals surface area contributed by atoms with Crippen molar-refractivity contribution in [3.63, 3.8) is 0 Å². The molecule has 1 unspecified atom stereocenters. The molecule has 80 valence electrons. The topological polar surface area (TPSA) is 20.2 Å². The molecule has 0 fully saturated rings. The largest absolute Gasteiger partial charge is 0.378 e. The van der Waals surface area contributed by atoms with Crippen LogP contribution in [0, 0.1) is 25.7 Å². The summed E-state index contributed by atoms with van der Waals surface area (Å²) in [5, 5.41) is 9.76. The second-order valence-corrected chi connectivity index (χ2v) is 4.20. The van der Waals surface area contributed by atoms with Gasteiger partial charge in [0.25, 0.3) is 0 Å². The van der Waals surface area contributed by atoms with Crippen molar-refractivity contribution in [2.45, 2.75) is 39.7 Å². The Balaban J connectivity index is 2.99. The highest BCUT2D eigenvalue weighted by Crippen LogP contribution is 2.11. The average Bonchev–Trinajstić information content (AvgIpc) is 2.16. The van der Waals surface area contributed by atoms with Gasteiger partial charge in [-0.25, -0.2) is 0 Å². The van der Waals surface area contributed by atoms with Crippen molar-refractivity contribution in [2.75, 3.05) is 0 Å². The Morgan fingerprint density at radius 1 is 1.33 bits per heavy atom. The highest BCUT2D eigenvalue weighted by atomic mass is 16.3. The molecule has 0 amide bonds. The predicted octanol–water partition coefficient (Wildman–Crippen LogP) is 2.82. The van der Waals surface area contributed by atoms with Crippen molar-refractivity contribution >= 4 is 0 Å². The molecule has 0 bridgehead atoms. The summed E-state index contributed by atoms with van der Waals surface area (Å²) < 4.78 is 0. The van der Waals surface area contributed by atoms with Crippen molar-refractivity contribution in [1.82, 2.24) is 0 Å². The van der Waals surface area contributed by atoms with E-state index in [-0.39, 0.29) is 0 Å². The Kier molecular flexibility index (Phi) is 3.55. The average molecular weight is 202 g/mol. The summed E-state index contributed by atoms with van der Waals surface area (Å²) in [4.78, 5) is 0. The van der Waals surface area contributed by atoms with Crippen LogP contribution in [-0.4, -0.2) is 10.7 Å². The van der Waals surface area contributed by atoms with Gasteiger partial charge in [0.15, 0.2) is 0 Å². The summed E-state index contributed by atoms with van der Waals surface area (Å²) >= 11 is 0. The monoisotopic (exact) mass is 202 g/mol. The molecule has 0 spiro atoms. The lowest BCUT2D eigenvalue weighted by Crippen LogP contribution is -2.19. The van der Waals surface area contributed by atoms with Gasteiger partial charge >= 0.3 is 0 Å². The highest BCUT2D eigenvalue weighted by Gasteiger charge is 2.12. The molecular formula is C14H18O. The van der Waals surface area contributed by atoms with Gasteiger partial charge < -0.3 is 5.11 Å². The number of rotatable bonds is 1. The molecule has 1 N–H and O–H groups in total. The number of benzene rings is 1. The first-order chi connectivity index (χ1) is 6.94. The molecule has 0 aliphatic heterocycles. The number of hydrogen-bond acceptors (Lipinski definition) is 1. The molecule has 15 heavy (non-hydrogen) atoms. The first-order valence-corrected chi connectivity index (χ1v) is 5.27. The van der Waals surface area contributed by atoms with Crippen molar-refractivity contribution < 1.29 is 5.11 Å². The molecule has 1 aromatic rings. The number of hydrogen-bond donors (Lipinski definition) is 1. The van der Waals surface area contributed by atoms with E-state index in [0.717, 1.165) is 11.1 Å². The van der Waals surface area contributed by atoms with E-state index >= 15 is 0 Å². The van der Waals surface area contributed by atoms with Crippen LogP contribution in [-0.2, 0) is 0 Å². The van der Waals surface area contributed by atoms with Gasteiger partial charge in [0.1, 0.15) is 5.60 Å². The van der Waals surface area contributed by atoms with Crippen LogP contribution >= 0.6 is 0 Å². The van der Waals surface area contributed by atoms with Crippen LogP contribution in [0.25, 0.3) is 0 Å². The third kappa shape index (κ3) is 3.42. The number of aliphatic hydroxyl groups is 1. The Morgan fingerprint density at radius 2 is 2.00 bits per heavy atom. The maximum absolute atomic E-state index is 9.76. The van der Waals surface area contributed by atoms with E-state index in [0.29, 0.717) is 6.42 Å². The molecule has 0 heterocycles. The van der Waals surface area contributed by atoms with E-state index in [2.05, 4.69) is 24.8 Å². The van der Waals surface area contributed by atoms with Gasteiger partial charge in [-0.05, 0) is 38.8 Å². The minimum atomic E-state index is -0.878. The zero-order chi connectivity index (χ0) is 11.5. The fraction of sp³-hybridized carbons (Fsp3) is 0.429. The van der Waals surface area contributed by atoms with Crippen LogP contribution in [0.4, 0.5) is 0 Å². The van der Waals surface area contributed by atoms with Crippen LogP contribution in [0.2, 0.25) is 0 Å². The molecule has 0 saturated heterocycles. The second-order valence-electron chi connectivity index (χ2n) is 4.20. The second kappa shape index (κ2) is 4.51. The zero-order valence-electron chi connectivity index (χ0n) is 9.89. The predicted molar refractivity (Wildman–Crippen MR) is 63.7 cm³/mol. The molecule has 0 aliphatic carbocycles. The summed E-state index contributed by atoms with van der Waals surface area (Å²) in [6.07, 6.45) is 0.644. The van der Waals surface area contributed by atoms with Crippen molar-refractivity contribution in [3.8, 4) is 11.8 Å². The smallest absolute Gasteiger partial charge is 0.122 e. The van der Waals surface area contributed by atoms with Gasteiger partial charge in [-0.1, -0.05) is 36.5 Å². The minimum Gasteiger partial charge on any atom is -0.378 e. The van der Waals surface area contributed by atoms with Crippen molar-refractivity contribution in [2.24, 2.45) is 0 Å². The lowest BCUT2D eigenvalue weighted by molar-refractivity contribution is 0.118. The third-order valence-corrected chi connectivity index (χ3v) is 2.54. The van der Waals surface area contributed by atoms with Crippen LogP contribution in [0.5, 0.6) is 0 Å². The van der Waals surface area contributed by atoms with Crippen LogP contribution in [0.15, 0.2) is 18.2 Å². The SMILES string of the molecule is CCC(C)(O)C#Cc1ccc(C)cc1C. The molecule has 1 rings (SSSR count). The zero-order valence-corrected chi connectivity index (χ0v) is 9.89. The molecule has 1 atom stereocenters. The summed E-state index contributed by atoms with van der Waals surface area (Å²) in [6, 6.07) is 6.14. The maximum atomic E-state index is 9.76. The highest BCUT2D eigenvalue weighted by molar-refractivity contribution is 5.43. The summed E-state index contributed by atoms with van der Waals surface area (Å²) in [5.41, 5.74) is 2.51. The Morgan fingerprint density at radius 3 is 2.53 bits per heavy atom. The first kappa shape index (κ1) is 11.8. The number of aryl methyl sites for hydroxylation is 2. The van der Waals surface area contributed by atoms with E-state index in [1.807, 2.05) is 26.0 Å². The van der Waals surface area contributed by atoms with Crippen molar-refractivity contribution in [3.05, 3.63) is 34.9 Å². The van der Waals surface area contributed by atoms with Gasteiger partial charge in [-0.2, -0.15) is 0 Å². The van der Waals surface area contributed by atoms with Crippen LogP contribution in [0.1, 0.15) is 37.0 Å². The van der Waals surface area contributed by atoms with Gasteiger partial charge in [0.05, 0.1) is 0 Å². The standard InChI is InChI=1S/C14H18O/c1-5-14(4,15)9-8-13-7-6-11(2)10-12(13)3/h6-7,10,15H,5H2,1-4H3. The normalized spacial score (nSPS) is 13.9. The van der Waals surface area contributed by atoms with Crippen LogP contribution in [0.3, 0.4) is 0 Å². The Hall–Kier alpha value is -1.26. The lowest BCUT2D eigenvalue weighted by atomic mass is 10.0. The van der Waals surface area contributed by atoms with E-state index < -0.39 is 5.60 Å². The van der Waals surface area contributed by atoms with Crippen molar-refractivity contribution in [1.29, 1.82) is 0 Å². The quantitative estimate of drug-likeness (QED) is 0.694. The molecule has 0 aliphatic rings. The fourth-order valence-electron chi connectivity index (χ4n) is 1.24. The van der Waals surface area contributed by atoms with Crippen LogP contribution < -0.4 is 0 Å². The summed E-state index contributed by atoms with van der Waals surface area (Å²) in [7, 11) is 0. The minimum absolute atomic E-state index is 0.644. The summed E-state index contributed by atoms with van der Waals surface area (Å²) in [6.45, 7) is 7.77. The molecule has 1 aromatic carbocycles. The third-order valence-electron chi connectivity index (χ3n) is 2.54. The van der Waals surface area contributed by atoms with Gasteiger partial charge in [-0.3, -0.25) is 0 Å². The van der Waals surface area contributed by atoms with E-state index in [1.165, 1.54) is 5.56 Å². The summed E-state index contributed by atoms with van der Waals surface area (Å²) in [5.74, 6) is 5.92. The van der Waals surface area contributed by atoms with Gasteiger partial charge in [-0.15, -0.1) is 0 Å². The van der Waals surface area contributed by atoms with E-state index in [4.69, 9.17) is 0 Å². The lowest BCUT2D eigenvalue weighted by Gasteiger charge is -2.12. The molecule has 0 aromatic heterocycles. The van der Waals surface area contributed by atoms with E-state index in [9.17, 15) is 5.11 Å². The maximum Gasteiger partial charge on any atom is 0.122 e. The molecule has 0 radical (unpaired) electrons. The molecule has 1 heteroatoms. The van der Waals surface area contributed by atoms with E-state index in [1.54, 1.807) is 6.92 Å². The van der Waals surface area contributed by atoms with Gasteiger partial charge in [0, 0.05) is 5.56 Å².